The van der Waals surface area contributed by atoms with Crippen molar-refractivity contribution in [2.75, 3.05) is 31.6 Å². The van der Waals surface area contributed by atoms with Crippen LogP contribution in [0.5, 0.6) is 0 Å². The number of nitrogens with one attached hydrogen (secondary N) is 1. The smallest absolute Gasteiger partial charge is 0.407 e. The SMILES string of the molecule is CN(CCC(=O)O)C(=O)CSCCNC(=O)OC(C)(C)C. The van der Waals surface area contributed by atoms with Gasteiger partial charge in [0.25, 0.3) is 0 Å². The summed E-state index contributed by atoms with van der Waals surface area (Å²) in [5.74, 6) is -0.216. The van der Waals surface area contributed by atoms with Gasteiger partial charge in [-0.05, 0) is 20.8 Å². The molecule has 7 nitrogen and oxygen atoms in total. The monoisotopic (exact) mass is 320 g/mol. The van der Waals surface area contributed by atoms with Gasteiger partial charge in [-0.15, -0.1) is 0 Å². The molecule has 122 valence electrons. The van der Waals surface area contributed by atoms with Crippen LogP contribution in [0.2, 0.25) is 0 Å². The molecule has 0 unspecified atom stereocenters. The zero-order valence-electron chi connectivity index (χ0n) is 13.0. The molecular weight excluding hydrogens is 296 g/mol. The minimum absolute atomic E-state index is 0.0624. The van der Waals surface area contributed by atoms with Crippen molar-refractivity contribution in [2.24, 2.45) is 0 Å². The molecule has 0 spiro atoms. The third kappa shape index (κ3) is 12.0. The molecule has 0 heterocycles. The highest BCUT2D eigenvalue weighted by molar-refractivity contribution is 7.99. The van der Waals surface area contributed by atoms with E-state index in [2.05, 4.69) is 5.32 Å². The highest BCUT2D eigenvalue weighted by Gasteiger charge is 2.15. The van der Waals surface area contributed by atoms with Crippen molar-refractivity contribution in [1.82, 2.24) is 10.2 Å². The number of hydrogen-bond acceptors (Lipinski definition) is 5. The molecule has 0 radical (unpaired) electrons. The number of hydrogen-bond donors (Lipinski definition) is 2. The van der Waals surface area contributed by atoms with E-state index in [4.69, 9.17) is 9.84 Å². The quantitative estimate of drug-likeness (QED) is 0.652. The van der Waals surface area contributed by atoms with E-state index in [-0.39, 0.29) is 24.6 Å². The molecule has 0 aliphatic heterocycles. The first kappa shape index (κ1) is 19.6. The maximum atomic E-state index is 11.6. The van der Waals surface area contributed by atoms with E-state index >= 15 is 0 Å². The van der Waals surface area contributed by atoms with Gasteiger partial charge in [0.15, 0.2) is 0 Å². The Kier molecular flexibility index (Phi) is 8.84. The number of carboxylic acids is 1. The number of ether oxygens (including phenoxy) is 1. The number of alkyl carbamates (subject to hydrolysis) is 1. The van der Waals surface area contributed by atoms with Crippen molar-refractivity contribution in [3.05, 3.63) is 0 Å². The van der Waals surface area contributed by atoms with Crippen molar-refractivity contribution in [2.45, 2.75) is 32.8 Å². The van der Waals surface area contributed by atoms with Crippen LogP contribution >= 0.6 is 11.8 Å². The molecule has 0 bridgehead atoms. The van der Waals surface area contributed by atoms with E-state index in [0.717, 1.165) is 0 Å². The van der Waals surface area contributed by atoms with E-state index in [0.29, 0.717) is 12.3 Å². The van der Waals surface area contributed by atoms with Gasteiger partial charge in [-0.3, -0.25) is 9.59 Å². The second-order valence-corrected chi connectivity index (χ2v) is 6.55. The van der Waals surface area contributed by atoms with Crippen LogP contribution in [0.3, 0.4) is 0 Å². The van der Waals surface area contributed by atoms with E-state index in [1.165, 1.54) is 16.7 Å². The molecule has 0 aromatic heterocycles. The van der Waals surface area contributed by atoms with Gasteiger partial charge in [0, 0.05) is 25.9 Å². The average molecular weight is 320 g/mol. The number of amides is 2. The number of aliphatic carboxylic acids is 1. The fraction of sp³-hybridized carbons (Fsp3) is 0.769. The molecule has 0 atom stereocenters. The molecule has 2 amide bonds. The van der Waals surface area contributed by atoms with Crippen LogP contribution in [-0.4, -0.2) is 65.2 Å². The standard InChI is InChI=1S/C13H24N2O5S/c1-13(2,3)20-12(19)14-6-8-21-9-10(16)15(4)7-5-11(17)18/h5-9H2,1-4H3,(H,14,19)(H,17,18). The summed E-state index contributed by atoms with van der Waals surface area (Å²) in [6.45, 7) is 5.96. The fourth-order valence-corrected chi connectivity index (χ4v) is 1.98. The minimum atomic E-state index is -0.927. The first-order valence-corrected chi connectivity index (χ1v) is 7.77. The van der Waals surface area contributed by atoms with Gasteiger partial charge in [0.05, 0.1) is 12.2 Å². The molecule has 0 aliphatic carbocycles. The van der Waals surface area contributed by atoms with Gasteiger partial charge in [0.2, 0.25) is 5.91 Å². The number of thioether (sulfide) groups is 1. The van der Waals surface area contributed by atoms with Crippen LogP contribution in [0.15, 0.2) is 0 Å². The largest absolute Gasteiger partial charge is 0.481 e. The normalized spacial score (nSPS) is 10.9. The lowest BCUT2D eigenvalue weighted by molar-refractivity contribution is -0.137. The zero-order valence-corrected chi connectivity index (χ0v) is 13.8. The number of carbonyl (C=O) groups excluding carboxylic acids is 2. The molecular formula is C13H24N2O5S. The Balaban J connectivity index is 3.69. The topological polar surface area (TPSA) is 95.9 Å². The first-order valence-electron chi connectivity index (χ1n) is 6.62. The predicted molar refractivity (Wildman–Crippen MR) is 81.5 cm³/mol. The highest BCUT2D eigenvalue weighted by Crippen LogP contribution is 2.06. The Morgan fingerprint density at radius 1 is 1.29 bits per heavy atom. The molecule has 8 heteroatoms. The number of rotatable bonds is 8. The third-order valence-corrected chi connectivity index (χ3v) is 3.17. The van der Waals surface area contributed by atoms with E-state index in [1.807, 2.05) is 0 Å². The van der Waals surface area contributed by atoms with Gasteiger partial charge in [-0.25, -0.2) is 4.79 Å². The number of carboxylic acid groups (broad SMARTS) is 1. The molecule has 0 saturated carbocycles. The highest BCUT2D eigenvalue weighted by atomic mass is 32.2. The van der Waals surface area contributed by atoms with Crippen molar-refractivity contribution in [3.63, 3.8) is 0 Å². The van der Waals surface area contributed by atoms with Gasteiger partial charge in [0.1, 0.15) is 5.60 Å². The summed E-state index contributed by atoms with van der Waals surface area (Å²) >= 11 is 1.37. The summed E-state index contributed by atoms with van der Waals surface area (Å²) in [7, 11) is 1.57. The lowest BCUT2D eigenvalue weighted by Gasteiger charge is -2.19. The van der Waals surface area contributed by atoms with Crippen molar-refractivity contribution >= 4 is 29.7 Å². The van der Waals surface area contributed by atoms with Crippen LogP contribution in [0.25, 0.3) is 0 Å². The van der Waals surface area contributed by atoms with Gasteiger partial charge >= 0.3 is 12.1 Å². The third-order valence-electron chi connectivity index (χ3n) is 2.23. The minimum Gasteiger partial charge on any atom is -0.481 e. The molecule has 0 fully saturated rings. The molecule has 0 saturated heterocycles. The van der Waals surface area contributed by atoms with Crippen LogP contribution in [0.1, 0.15) is 27.2 Å². The average Bonchev–Trinajstić information content (AvgIpc) is 2.32. The Hall–Kier alpha value is -1.44. The molecule has 0 aromatic carbocycles. The van der Waals surface area contributed by atoms with Gasteiger partial charge in [-0.1, -0.05) is 0 Å². The predicted octanol–water partition coefficient (Wildman–Crippen LogP) is 1.18. The summed E-state index contributed by atoms with van der Waals surface area (Å²) in [5, 5.41) is 11.1. The van der Waals surface area contributed by atoms with Gasteiger partial charge < -0.3 is 20.1 Å². The molecule has 0 rings (SSSR count). The lowest BCUT2D eigenvalue weighted by Crippen LogP contribution is -2.34. The molecule has 0 aliphatic rings. The summed E-state index contributed by atoms with van der Waals surface area (Å²) in [5.41, 5.74) is -0.528. The number of carbonyl (C=O) groups is 3. The molecule has 2 N–H and O–H groups in total. The first-order chi connectivity index (χ1) is 9.61. The maximum absolute atomic E-state index is 11.6. The zero-order chi connectivity index (χ0) is 16.5. The maximum Gasteiger partial charge on any atom is 0.407 e. The van der Waals surface area contributed by atoms with Crippen molar-refractivity contribution in [3.8, 4) is 0 Å². The van der Waals surface area contributed by atoms with Crippen molar-refractivity contribution < 1.29 is 24.2 Å². The second-order valence-electron chi connectivity index (χ2n) is 5.44. The van der Waals surface area contributed by atoms with E-state index in [1.54, 1.807) is 27.8 Å². The van der Waals surface area contributed by atoms with E-state index < -0.39 is 17.7 Å². The summed E-state index contributed by atoms with van der Waals surface area (Å²) < 4.78 is 5.07. The Labute approximate surface area is 129 Å². The molecule has 21 heavy (non-hydrogen) atoms. The Bertz CT molecular complexity index is 368. The van der Waals surface area contributed by atoms with Crippen LogP contribution in [0, 0.1) is 0 Å². The van der Waals surface area contributed by atoms with Gasteiger partial charge in [-0.2, -0.15) is 11.8 Å². The summed E-state index contributed by atoms with van der Waals surface area (Å²) in [6, 6.07) is 0. The van der Waals surface area contributed by atoms with Crippen LogP contribution in [0.4, 0.5) is 4.79 Å². The summed E-state index contributed by atoms with van der Waals surface area (Å²) in [6.07, 6.45) is -0.541. The van der Waals surface area contributed by atoms with Crippen molar-refractivity contribution in [1.29, 1.82) is 0 Å². The second kappa shape index (κ2) is 9.49. The number of nitrogens with zero attached hydrogens (tertiary/aromatic N) is 1. The fourth-order valence-electron chi connectivity index (χ4n) is 1.20. The van der Waals surface area contributed by atoms with Crippen LogP contribution < -0.4 is 5.32 Å². The molecule has 0 aromatic rings. The Morgan fingerprint density at radius 2 is 1.90 bits per heavy atom. The summed E-state index contributed by atoms with van der Waals surface area (Å²) in [4.78, 5) is 34.8. The lowest BCUT2D eigenvalue weighted by atomic mass is 10.2. The van der Waals surface area contributed by atoms with Crippen LogP contribution in [-0.2, 0) is 14.3 Å². The van der Waals surface area contributed by atoms with E-state index in [9.17, 15) is 14.4 Å². The Morgan fingerprint density at radius 3 is 2.43 bits per heavy atom.